The van der Waals surface area contributed by atoms with Crippen molar-refractivity contribution in [1.82, 2.24) is 4.57 Å². The van der Waals surface area contributed by atoms with Gasteiger partial charge in [-0.25, -0.2) is 9.36 Å². The molecule has 3 nitrogen and oxygen atoms in total. The Morgan fingerprint density at radius 1 is 0.800 bits per heavy atom. The third-order valence-electron chi connectivity index (χ3n) is 3.75. The van der Waals surface area contributed by atoms with Crippen LogP contribution < -0.4 is 0 Å². The highest BCUT2D eigenvalue weighted by molar-refractivity contribution is 6.22. The van der Waals surface area contributed by atoms with Crippen molar-refractivity contribution in [2.24, 2.45) is 0 Å². The number of nitrogens with zero attached hydrogens (tertiary/aromatic N) is 1. The van der Waals surface area contributed by atoms with Gasteiger partial charge in [0, 0.05) is 10.8 Å². The van der Waals surface area contributed by atoms with Crippen LogP contribution in [0.25, 0.3) is 32.6 Å². The van der Waals surface area contributed by atoms with Crippen molar-refractivity contribution in [2.75, 3.05) is 0 Å². The highest BCUT2D eigenvalue weighted by Gasteiger charge is 2.16. The molecule has 0 amide bonds. The van der Waals surface area contributed by atoms with Crippen LogP contribution >= 0.6 is 0 Å². The van der Waals surface area contributed by atoms with Crippen molar-refractivity contribution in [3.8, 4) is 0 Å². The third-order valence-corrected chi connectivity index (χ3v) is 3.75. The minimum Gasteiger partial charge on any atom is -0.464 e. The van der Waals surface area contributed by atoms with E-state index in [4.69, 9.17) is 0 Å². The number of hydrogen-bond acceptors (Lipinski definition) is 1. The maximum Gasteiger partial charge on any atom is 0.416 e. The molecule has 96 valence electrons. The van der Waals surface area contributed by atoms with Gasteiger partial charge in [-0.1, -0.05) is 48.5 Å². The van der Waals surface area contributed by atoms with E-state index in [-0.39, 0.29) is 0 Å². The Bertz CT molecular complexity index is 982. The van der Waals surface area contributed by atoms with E-state index in [0.717, 1.165) is 32.6 Å². The van der Waals surface area contributed by atoms with E-state index in [1.165, 1.54) is 4.57 Å². The van der Waals surface area contributed by atoms with Gasteiger partial charge in [-0.2, -0.15) is 0 Å². The largest absolute Gasteiger partial charge is 0.464 e. The SMILES string of the molecule is O=C(O)n1c2ccccc2c2c3ccccc3ccc21. The molecule has 0 fully saturated rings. The molecule has 1 N–H and O–H groups in total. The smallest absolute Gasteiger partial charge is 0.416 e. The molecular weight excluding hydrogens is 250 g/mol. The summed E-state index contributed by atoms with van der Waals surface area (Å²) in [6, 6.07) is 19.5. The number of benzene rings is 3. The quantitative estimate of drug-likeness (QED) is 0.507. The predicted octanol–water partition coefficient (Wildman–Crippen LogP) is 4.47. The number of fused-ring (bicyclic) bond motifs is 5. The van der Waals surface area contributed by atoms with Crippen LogP contribution in [0.5, 0.6) is 0 Å². The van der Waals surface area contributed by atoms with Crippen molar-refractivity contribution >= 4 is 38.7 Å². The lowest BCUT2D eigenvalue weighted by Gasteiger charge is -2.01. The van der Waals surface area contributed by atoms with Crippen LogP contribution in [0.2, 0.25) is 0 Å². The third kappa shape index (κ3) is 1.32. The lowest BCUT2D eigenvalue weighted by atomic mass is 10.0. The van der Waals surface area contributed by atoms with Crippen molar-refractivity contribution in [2.45, 2.75) is 0 Å². The Hall–Kier alpha value is -2.81. The Morgan fingerprint density at radius 3 is 2.30 bits per heavy atom. The molecule has 0 saturated heterocycles. The zero-order valence-corrected chi connectivity index (χ0v) is 10.6. The molecule has 1 aromatic heterocycles. The molecule has 0 saturated carbocycles. The van der Waals surface area contributed by atoms with Gasteiger partial charge in [-0.3, -0.25) is 0 Å². The number of carboxylic acid groups (broad SMARTS) is 1. The zero-order valence-electron chi connectivity index (χ0n) is 10.6. The summed E-state index contributed by atoms with van der Waals surface area (Å²) < 4.78 is 1.36. The average Bonchev–Trinajstić information content (AvgIpc) is 2.82. The summed E-state index contributed by atoms with van der Waals surface area (Å²) in [5.74, 6) is 0. The van der Waals surface area contributed by atoms with Crippen LogP contribution in [0.4, 0.5) is 4.79 Å². The Balaban J connectivity index is 2.39. The van der Waals surface area contributed by atoms with Crippen LogP contribution in [0.1, 0.15) is 0 Å². The lowest BCUT2D eigenvalue weighted by molar-refractivity contribution is 0.198. The van der Waals surface area contributed by atoms with E-state index in [1.54, 1.807) is 0 Å². The van der Waals surface area contributed by atoms with Gasteiger partial charge in [0.25, 0.3) is 0 Å². The van der Waals surface area contributed by atoms with Crippen LogP contribution in [0.3, 0.4) is 0 Å². The van der Waals surface area contributed by atoms with Gasteiger partial charge in [-0.15, -0.1) is 0 Å². The first-order valence-electron chi connectivity index (χ1n) is 6.41. The second-order valence-corrected chi connectivity index (χ2v) is 4.82. The molecule has 0 aliphatic carbocycles. The van der Waals surface area contributed by atoms with Crippen LogP contribution in [-0.4, -0.2) is 15.8 Å². The zero-order chi connectivity index (χ0) is 13.7. The number of rotatable bonds is 0. The molecule has 0 atom stereocenters. The summed E-state index contributed by atoms with van der Waals surface area (Å²) in [6.45, 7) is 0. The topological polar surface area (TPSA) is 42.2 Å². The van der Waals surface area contributed by atoms with Gasteiger partial charge in [0.1, 0.15) is 0 Å². The molecule has 3 aromatic carbocycles. The van der Waals surface area contributed by atoms with Crippen molar-refractivity contribution in [3.05, 3.63) is 60.7 Å². The van der Waals surface area contributed by atoms with E-state index in [9.17, 15) is 9.90 Å². The van der Waals surface area contributed by atoms with Crippen LogP contribution in [0, 0.1) is 0 Å². The van der Waals surface area contributed by atoms with Gasteiger partial charge in [-0.05, 0) is 22.9 Å². The first-order chi connectivity index (χ1) is 9.77. The lowest BCUT2D eigenvalue weighted by Crippen LogP contribution is -2.06. The van der Waals surface area contributed by atoms with Crippen molar-refractivity contribution in [1.29, 1.82) is 0 Å². The molecule has 1 heterocycles. The Kier molecular flexibility index (Phi) is 2.12. The molecule has 3 heteroatoms. The molecule has 20 heavy (non-hydrogen) atoms. The second-order valence-electron chi connectivity index (χ2n) is 4.82. The second kappa shape index (κ2) is 3.84. The van der Waals surface area contributed by atoms with E-state index in [0.29, 0.717) is 0 Å². The molecule has 0 bridgehead atoms. The summed E-state index contributed by atoms with van der Waals surface area (Å²) in [6.07, 6.45) is -0.952. The van der Waals surface area contributed by atoms with Crippen LogP contribution in [-0.2, 0) is 0 Å². The van der Waals surface area contributed by atoms with Gasteiger partial charge in [0.2, 0.25) is 0 Å². The number of aromatic nitrogens is 1. The Morgan fingerprint density at radius 2 is 1.50 bits per heavy atom. The fourth-order valence-electron chi connectivity index (χ4n) is 2.95. The van der Waals surface area contributed by atoms with Gasteiger partial charge in [0.15, 0.2) is 0 Å². The minimum atomic E-state index is -0.952. The van der Waals surface area contributed by atoms with Gasteiger partial charge in [0.05, 0.1) is 11.0 Å². The Labute approximate surface area is 114 Å². The van der Waals surface area contributed by atoms with Gasteiger partial charge < -0.3 is 5.11 Å². The number of carbonyl (C=O) groups is 1. The molecular formula is C17H11NO2. The number of hydrogen-bond donors (Lipinski definition) is 1. The molecule has 0 radical (unpaired) electrons. The summed E-state index contributed by atoms with van der Waals surface area (Å²) in [5, 5.41) is 13.7. The molecule has 4 aromatic rings. The first-order valence-corrected chi connectivity index (χ1v) is 6.41. The summed E-state index contributed by atoms with van der Waals surface area (Å²) >= 11 is 0. The fraction of sp³-hybridized carbons (Fsp3) is 0. The van der Waals surface area contributed by atoms with Crippen molar-refractivity contribution in [3.63, 3.8) is 0 Å². The van der Waals surface area contributed by atoms with Crippen molar-refractivity contribution < 1.29 is 9.90 Å². The minimum absolute atomic E-state index is 0.728. The van der Waals surface area contributed by atoms with E-state index >= 15 is 0 Å². The fourth-order valence-corrected chi connectivity index (χ4v) is 2.95. The first kappa shape index (κ1) is 11.1. The monoisotopic (exact) mass is 261 g/mol. The normalized spacial score (nSPS) is 11.4. The van der Waals surface area contributed by atoms with Gasteiger partial charge >= 0.3 is 6.09 Å². The molecule has 0 unspecified atom stereocenters. The van der Waals surface area contributed by atoms with E-state index < -0.39 is 6.09 Å². The molecule has 4 rings (SSSR count). The molecule has 0 aliphatic heterocycles. The summed E-state index contributed by atoms with van der Waals surface area (Å²) in [7, 11) is 0. The van der Waals surface area contributed by atoms with Crippen LogP contribution in [0.15, 0.2) is 60.7 Å². The standard InChI is InChI=1S/C17H11NO2/c19-17(20)18-14-8-4-3-7-13(14)16-12-6-2-1-5-11(12)9-10-15(16)18/h1-10H,(H,19,20). The summed E-state index contributed by atoms with van der Waals surface area (Å²) in [4.78, 5) is 11.6. The maximum absolute atomic E-state index is 11.6. The summed E-state index contributed by atoms with van der Waals surface area (Å²) in [5.41, 5.74) is 1.46. The highest BCUT2D eigenvalue weighted by atomic mass is 16.4. The predicted molar refractivity (Wildman–Crippen MR) is 80.4 cm³/mol. The maximum atomic E-state index is 11.6. The van der Waals surface area contributed by atoms with E-state index in [1.807, 2.05) is 60.7 Å². The number of para-hydroxylation sites is 1. The molecule has 0 aliphatic rings. The molecule has 0 spiro atoms. The van der Waals surface area contributed by atoms with E-state index in [2.05, 4.69) is 0 Å². The highest BCUT2D eigenvalue weighted by Crippen LogP contribution is 2.34. The average molecular weight is 261 g/mol.